The molecule has 0 atom stereocenters. The van der Waals surface area contributed by atoms with E-state index in [0.29, 0.717) is 29.1 Å². The number of rotatable bonds is 3. The molecule has 0 aromatic carbocycles. The van der Waals surface area contributed by atoms with Crippen LogP contribution in [0.2, 0.25) is 0 Å². The molecule has 1 aromatic rings. The largest absolute Gasteiger partial charge is 0.411 e. The molecule has 11 heteroatoms. The third-order valence-electron chi connectivity index (χ3n) is 2.29. The van der Waals surface area contributed by atoms with Crippen LogP contribution >= 0.6 is 0 Å². The van der Waals surface area contributed by atoms with Crippen molar-refractivity contribution in [2.45, 2.75) is 27.7 Å². The van der Waals surface area contributed by atoms with Gasteiger partial charge in [0.25, 0.3) is 0 Å². The van der Waals surface area contributed by atoms with Crippen molar-refractivity contribution in [3.63, 3.8) is 0 Å². The van der Waals surface area contributed by atoms with Gasteiger partial charge in [-0.1, -0.05) is 26.7 Å². The van der Waals surface area contributed by atoms with Crippen LogP contribution in [0.4, 0.5) is 0 Å². The number of hydrogen-bond acceptors (Lipinski definition) is 10. The first-order chi connectivity index (χ1) is 12.4. The molecule has 0 aliphatic rings. The molecular formula is C16H24CoN5O5-. The van der Waals surface area contributed by atoms with Crippen molar-refractivity contribution in [1.82, 2.24) is 4.98 Å². The molecular weight excluding hydrogens is 401 g/mol. The molecule has 0 aliphatic carbocycles. The summed E-state index contributed by atoms with van der Waals surface area (Å²) in [6, 6.07) is 5.72. The maximum absolute atomic E-state index is 8.99. The van der Waals surface area contributed by atoms with Crippen LogP contribution < -0.4 is 0 Å². The number of pyridine rings is 1. The minimum Gasteiger partial charge on any atom is -0.411 e. The molecule has 1 rings (SSSR count). The van der Waals surface area contributed by atoms with E-state index >= 15 is 0 Å². The zero-order chi connectivity index (χ0) is 20.8. The molecule has 0 saturated heterocycles. The number of hydrogen-bond donors (Lipinski definition) is 4. The summed E-state index contributed by atoms with van der Waals surface area (Å²) < 4.78 is 0. The molecule has 0 bridgehead atoms. The summed E-state index contributed by atoms with van der Waals surface area (Å²) in [6.07, 6.45) is 4.97. The van der Waals surface area contributed by atoms with E-state index < -0.39 is 0 Å². The van der Waals surface area contributed by atoms with Crippen molar-refractivity contribution >= 4 is 29.1 Å². The zero-order valence-electron chi connectivity index (χ0n) is 15.4. The van der Waals surface area contributed by atoms with Gasteiger partial charge in [0, 0.05) is 29.2 Å². The summed E-state index contributed by atoms with van der Waals surface area (Å²) in [5, 5.41) is 43.3. The summed E-state index contributed by atoms with van der Waals surface area (Å²) in [5.41, 5.74) is 1.25. The van der Waals surface area contributed by atoms with Gasteiger partial charge >= 0.3 is 0 Å². The van der Waals surface area contributed by atoms with E-state index in [2.05, 4.69) is 32.2 Å². The van der Waals surface area contributed by atoms with Crippen LogP contribution in [-0.4, -0.2) is 54.9 Å². The van der Waals surface area contributed by atoms with Crippen LogP contribution in [0.15, 0.2) is 57.3 Å². The maximum Gasteiger partial charge on any atom is 0.101 e. The van der Waals surface area contributed by atoms with Crippen molar-refractivity contribution < 1.29 is 42.4 Å². The summed E-state index contributed by atoms with van der Waals surface area (Å²) in [7, 11) is 0. The van der Waals surface area contributed by atoms with Gasteiger partial charge in [0.15, 0.2) is 0 Å². The van der Waals surface area contributed by atoms with E-state index in [1.165, 1.54) is 27.7 Å². The van der Waals surface area contributed by atoms with Crippen molar-refractivity contribution in [2.75, 3.05) is 0 Å². The topological polar surface area (TPSA) is 160 Å². The third-order valence-corrected chi connectivity index (χ3v) is 2.29. The Morgan fingerprint density at radius 1 is 0.778 bits per heavy atom. The Hall–Kier alpha value is -3.05. The SMILES string of the molecule is CC(=N\O)/C(C)=N/O.CC(=N\O)/C(C)=N/O.[CH-]=CC=O.[Co].c1ccncc1. The van der Waals surface area contributed by atoms with E-state index in [1.807, 2.05) is 18.2 Å². The van der Waals surface area contributed by atoms with Crippen molar-refractivity contribution in [3.8, 4) is 0 Å². The number of nitrogens with zero attached hydrogens (tertiary/aromatic N) is 5. The molecule has 0 unspecified atom stereocenters. The average molecular weight is 425 g/mol. The summed E-state index contributed by atoms with van der Waals surface area (Å²) in [4.78, 5) is 12.8. The summed E-state index contributed by atoms with van der Waals surface area (Å²) in [6.45, 7) is 10.7. The molecule has 4 N–H and O–H groups in total. The Kier molecular flexibility index (Phi) is 29.6. The normalized spacial score (nSPS) is 11.0. The van der Waals surface area contributed by atoms with Gasteiger partial charge in [-0.05, 0) is 46.1 Å². The van der Waals surface area contributed by atoms with Crippen molar-refractivity contribution in [2.24, 2.45) is 20.6 Å². The molecule has 0 aliphatic heterocycles. The molecule has 1 aromatic heterocycles. The molecule has 153 valence electrons. The van der Waals surface area contributed by atoms with Crippen molar-refractivity contribution in [1.29, 1.82) is 0 Å². The monoisotopic (exact) mass is 425 g/mol. The molecule has 1 radical (unpaired) electrons. The maximum atomic E-state index is 8.99. The fourth-order valence-corrected chi connectivity index (χ4v) is 0.602. The van der Waals surface area contributed by atoms with Crippen LogP contribution in [0.1, 0.15) is 27.7 Å². The van der Waals surface area contributed by atoms with Gasteiger partial charge in [-0.15, -0.1) is 0 Å². The van der Waals surface area contributed by atoms with E-state index in [9.17, 15) is 0 Å². The summed E-state index contributed by atoms with van der Waals surface area (Å²) >= 11 is 0. The van der Waals surface area contributed by atoms with Gasteiger partial charge < -0.3 is 25.6 Å². The van der Waals surface area contributed by atoms with Crippen LogP contribution in [0.3, 0.4) is 0 Å². The van der Waals surface area contributed by atoms with Crippen LogP contribution in [0.5, 0.6) is 0 Å². The number of oxime groups is 4. The molecule has 1 heterocycles. The third kappa shape index (κ3) is 25.3. The Bertz CT molecular complexity index is 508. The van der Waals surface area contributed by atoms with Crippen molar-refractivity contribution in [3.05, 3.63) is 43.2 Å². The van der Waals surface area contributed by atoms with Gasteiger partial charge in [0.05, 0.1) is 0 Å². The van der Waals surface area contributed by atoms with Gasteiger partial charge in [-0.3, -0.25) is 11.6 Å². The van der Waals surface area contributed by atoms with E-state index in [0.717, 1.165) is 6.08 Å². The molecule has 27 heavy (non-hydrogen) atoms. The van der Waals surface area contributed by atoms with Gasteiger partial charge in [-0.2, -0.15) is 0 Å². The predicted molar refractivity (Wildman–Crippen MR) is 98.8 cm³/mol. The minimum atomic E-state index is 0. The Morgan fingerprint density at radius 2 is 1.04 bits per heavy atom. The standard InChI is InChI=1S/C5H5N.2C4H8N2O2.C3H3O.Co/c1-2-4-6-5-3-1;2*1-3(5-7)4(2)6-8;1-2-3-4;/h1-5H;2*7-8H,1-2H3;1-3H;/q;;;-1;/b;2*5-3+,6-4+;;. The first kappa shape index (κ1) is 31.7. The predicted octanol–water partition coefficient (Wildman–Crippen LogP) is 2.63. The number of carbonyl (C=O) groups excluding carboxylic acids is 1. The quantitative estimate of drug-likeness (QED) is 0.145. The number of aromatic nitrogens is 1. The number of aldehydes is 1. The second kappa shape index (κ2) is 25.2. The smallest absolute Gasteiger partial charge is 0.101 e. The fraction of sp³-hybridized carbons (Fsp3) is 0.250. The Balaban J connectivity index is -0.000000133. The first-order valence-electron chi connectivity index (χ1n) is 6.95. The first-order valence-corrected chi connectivity index (χ1v) is 6.95. The Morgan fingerprint density at radius 3 is 1.11 bits per heavy atom. The zero-order valence-corrected chi connectivity index (χ0v) is 16.4. The van der Waals surface area contributed by atoms with E-state index in [-0.39, 0.29) is 16.8 Å². The second-order valence-electron chi connectivity index (χ2n) is 4.09. The molecule has 0 spiro atoms. The number of allylic oxidation sites excluding steroid dienone is 1. The van der Waals surface area contributed by atoms with E-state index in [4.69, 9.17) is 25.6 Å². The Labute approximate surface area is 168 Å². The fourth-order valence-electron chi connectivity index (χ4n) is 0.602. The minimum absolute atomic E-state index is 0. The summed E-state index contributed by atoms with van der Waals surface area (Å²) in [5.74, 6) is 0. The van der Waals surface area contributed by atoms with Crippen LogP contribution in [0.25, 0.3) is 0 Å². The molecule has 10 nitrogen and oxygen atoms in total. The molecule has 0 saturated carbocycles. The van der Waals surface area contributed by atoms with Gasteiger partial charge in [-0.25, -0.2) is 6.08 Å². The molecule has 0 fully saturated rings. The van der Waals surface area contributed by atoms with Gasteiger partial charge in [0.2, 0.25) is 0 Å². The molecule has 0 amide bonds. The average Bonchev–Trinajstić information content (AvgIpc) is 2.73. The van der Waals surface area contributed by atoms with Crippen LogP contribution in [0, 0.1) is 6.58 Å². The van der Waals surface area contributed by atoms with Crippen LogP contribution in [-0.2, 0) is 21.6 Å². The van der Waals surface area contributed by atoms with Gasteiger partial charge in [0.1, 0.15) is 22.8 Å². The second-order valence-corrected chi connectivity index (χ2v) is 4.09. The van der Waals surface area contributed by atoms with E-state index in [1.54, 1.807) is 12.4 Å². The number of carbonyl (C=O) groups is 1.